The Morgan fingerprint density at radius 3 is 2.55 bits per heavy atom. The highest BCUT2D eigenvalue weighted by Gasteiger charge is 2.20. The van der Waals surface area contributed by atoms with E-state index >= 15 is 0 Å². The normalized spacial score (nSPS) is 11.3. The molecule has 2 aromatic carbocycles. The van der Waals surface area contributed by atoms with E-state index in [4.69, 9.17) is 0 Å². The molecule has 0 saturated heterocycles. The Labute approximate surface area is 163 Å². The van der Waals surface area contributed by atoms with Crippen LogP contribution in [0.5, 0.6) is 5.75 Å². The lowest BCUT2D eigenvalue weighted by Crippen LogP contribution is -2.10. The highest BCUT2D eigenvalue weighted by molar-refractivity contribution is 6.24. The number of nitrogens with zero attached hydrogens (tertiary/aromatic N) is 2. The van der Waals surface area contributed by atoms with E-state index < -0.39 is 0 Å². The van der Waals surface area contributed by atoms with Crippen LogP contribution in [0.1, 0.15) is 6.92 Å². The van der Waals surface area contributed by atoms with E-state index in [-0.39, 0.29) is 17.2 Å². The van der Waals surface area contributed by atoms with Crippen molar-refractivity contribution in [3.8, 4) is 17.0 Å². The van der Waals surface area contributed by atoms with E-state index in [1.807, 2.05) is 24.3 Å². The van der Waals surface area contributed by atoms with Crippen LogP contribution in [-0.2, 0) is 4.79 Å². The van der Waals surface area contributed by atoms with Crippen LogP contribution >= 0.6 is 0 Å². The first kappa shape index (κ1) is 16.9. The summed E-state index contributed by atoms with van der Waals surface area (Å²) in [6, 6.07) is 13.9. The van der Waals surface area contributed by atoms with Crippen LogP contribution in [0, 0.1) is 0 Å². The molecule has 0 aliphatic carbocycles. The summed E-state index contributed by atoms with van der Waals surface area (Å²) in [4.78, 5) is 32.3. The van der Waals surface area contributed by atoms with Crippen molar-refractivity contribution in [1.29, 1.82) is 0 Å². The van der Waals surface area contributed by atoms with Crippen molar-refractivity contribution in [3.63, 3.8) is 0 Å². The van der Waals surface area contributed by atoms with Gasteiger partial charge in [0.15, 0.2) is 11.5 Å². The Morgan fingerprint density at radius 2 is 1.79 bits per heavy atom. The maximum Gasteiger partial charge on any atom is 0.258 e. The number of anilines is 1. The van der Waals surface area contributed by atoms with Crippen LogP contribution < -0.4 is 10.9 Å². The van der Waals surface area contributed by atoms with Gasteiger partial charge in [-0.05, 0) is 30.3 Å². The summed E-state index contributed by atoms with van der Waals surface area (Å²) in [6.07, 6.45) is 0. The lowest BCUT2D eigenvalue weighted by Gasteiger charge is -2.10. The molecule has 8 nitrogen and oxygen atoms in total. The number of fused-ring (bicyclic) bond motifs is 5. The number of phenolic OH excluding ortho intramolecular Hbond substituents is 1. The average Bonchev–Trinajstić information content (AvgIpc) is 3.10. The van der Waals surface area contributed by atoms with E-state index in [1.165, 1.54) is 19.1 Å². The van der Waals surface area contributed by atoms with E-state index in [2.05, 4.69) is 25.5 Å². The highest BCUT2D eigenvalue weighted by Crippen LogP contribution is 2.36. The monoisotopic (exact) mass is 385 g/mol. The van der Waals surface area contributed by atoms with Crippen LogP contribution in [0.2, 0.25) is 0 Å². The summed E-state index contributed by atoms with van der Waals surface area (Å²) in [5, 5.41) is 21.8. The molecule has 0 atom stereocenters. The van der Waals surface area contributed by atoms with Gasteiger partial charge in [-0.2, -0.15) is 5.10 Å². The third-order valence-corrected chi connectivity index (χ3v) is 4.81. The second-order valence-electron chi connectivity index (χ2n) is 6.73. The van der Waals surface area contributed by atoms with E-state index in [0.29, 0.717) is 44.4 Å². The van der Waals surface area contributed by atoms with Gasteiger partial charge >= 0.3 is 0 Å². The molecule has 0 saturated carbocycles. The Balaban J connectivity index is 2.03. The van der Waals surface area contributed by atoms with Crippen LogP contribution in [0.4, 0.5) is 5.82 Å². The van der Waals surface area contributed by atoms with Gasteiger partial charge in [0.05, 0.1) is 16.5 Å². The molecular formula is C21H15N5O3. The zero-order valence-electron chi connectivity index (χ0n) is 15.3. The molecule has 4 N–H and O–H groups in total. The molecule has 5 rings (SSSR count). The number of aromatic nitrogens is 4. The summed E-state index contributed by atoms with van der Waals surface area (Å²) < 4.78 is 0. The predicted octanol–water partition coefficient (Wildman–Crippen LogP) is 3.28. The van der Waals surface area contributed by atoms with Crippen LogP contribution in [-0.4, -0.2) is 31.2 Å². The Morgan fingerprint density at radius 1 is 1.03 bits per heavy atom. The SMILES string of the molecule is CC(=O)Nc1n[nH]c2nc(-c3ccc(O)cc3)c3c(=O)[nH]c4ccccc4c3c12. The van der Waals surface area contributed by atoms with E-state index in [9.17, 15) is 14.7 Å². The number of hydrogen-bond donors (Lipinski definition) is 4. The second kappa shape index (κ2) is 6.16. The van der Waals surface area contributed by atoms with E-state index in [1.54, 1.807) is 12.1 Å². The fraction of sp³-hybridized carbons (Fsp3) is 0.0476. The number of phenols is 1. The minimum atomic E-state index is -0.300. The smallest absolute Gasteiger partial charge is 0.258 e. The molecule has 0 unspecified atom stereocenters. The summed E-state index contributed by atoms with van der Waals surface area (Å²) in [5.41, 5.74) is 1.94. The molecule has 3 aromatic heterocycles. The Hall–Kier alpha value is -4.20. The van der Waals surface area contributed by atoms with Gasteiger partial charge in [0.1, 0.15) is 5.75 Å². The fourth-order valence-electron chi connectivity index (χ4n) is 3.63. The van der Waals surface area contributed by atoms with Crippen LogP contribution in [0.3, 0.4) is 0 Å². The summed E-state index contributed by atoms with van der Waals surface area (Å²) in [7, 11) is 0. The van der Waals surface area contributed by atoms with Gasteiger partial charge in [0, 0.05) is 28.8 Å². The van der Waals surface area contributed by atoms with Gasteiger partial charge in [-0.15, -0.1) is 0 Å². The molecular weight excluding hydrogens is 370 g/mol. The number of pyridine rings is 2. The topological polar surface area (TPSA) is 124 Å². The first-order chi connectivity index (χ1) is 14.0. The molecule has 1 amide bonds. The maximum atomic E-state index is 13.1. The summed E-state index contributed by atoms with van der Waals surface area (Å²) in [6.45, 7) is 1.39. The summed E-state index contributed by atoms with van der Waals surface area (Å²) in [5.74, 6) is 0.161. The van der Waals surface area contributed by atoms with Gasteiger partial charge in [0.25, 0.3) is 5.56 Å². The third-order valence-electron chi connectivity index (χ3n) is 4.81. The molecule has 142 valence electrons. The largest absolute Gasteiger partial charge is 0.508 e. The molecule has 0 aliphatic rings. The van der Waals surface area contributed by atoms with Crippen molar-refractivity contribution in [2.75, 3.05) is 5.32 Å². The minimum absolute atomic E-state index is 0.118. The molecule has 29 heavy (non-hydrogen) atoms. The standard InChI is InChI=1S/C21H15N5O3/c1-10(27)22-19-17-15-13-4-2-3-5-14(13)23-21(29)16(15)18(24-20(17)26-25-19)11-6-8-12(28)9-7-11/h2-9,28H,1H3,(H,23,29)(H2,22,24,25,26,27). The lowest BCUT2D eigenvalue weighted by atomic mass is 9.99. The fourth-order valence-corrected chi connectivity index (χ4v) is 3.63. The second-order valence-corrected chi connectivity index (χ2v) is 6.73. The molecule has 5 aromatic rings. The number of rotatable bonds is 2. The minimum Gasteiger partial charge on any atom is -0.508 e. The molecule has 0 spiro atoms. The van der Waals surface area contributed by atoms with Gasteiger partial charge in [0.2, 0.25) is 5.91 Å². The van der Waals surface area contributed by atoms with Crippen molar-refractivity contribution >= 4 is 44.4 Å². The number of carbonyl (C=O) groups excluding carboxylic acids is 1. The molecule has 0 radical (unpaired) electrons. The molecule has 8 heteroatoms. The molecule has 0 bridgehead atoms. The van der Waals surface area contributed by atoms with E-state index in [0.717, 1.165) is 5.39 Å². The quantitative estimate of drug-likeness (QED) is 0.347. The van der Waals surface area contributed by atoms with Crippen molar-refractivity contribution in [1.82, 2.24) is 20.2 Å². The first-order valence-corrected chi connectivity index (χ1v) is 8.92. The lowest BCUT2D eigenvalue weighted by molar-refractivity contribution is -0.114. The number of amides is 1. The van der Waals surface area contributed by atoms with Crippen molar-refractivity contribution < 1.29 is 9.90 Å². The zero-order chi connectivity index (χ0) is 20.1. The molecule has 0 aliphatic heterocycles. The van der Waals surface area contributed by atoms with Gasteiger partial charge < -0.3 is 15.4 Å². The number of H-pyrrole nitrogens is 2. The predicted molar refractivity (Wildman–Crippen MR) is 111 cm³/mol. The Bertz CT molecular complexity index is 1480. The Kier molecular flexibility index (Phi) is 3.60. The average molecular weight is 385 g/mol. The van der Waals surface area contributed by atoms with Gasteiger partial charge in [-0.1, -0.05) is 18.2 Å². The van der Waals surface area contributed by atoms with Crippen molar-refractivity contribution in [2.24, 2.45) is 0 Å². The number of hydrogen-bond acceptors (Lipinski definition) is 5. The number of nitrogens with one attached hydrogen (secondary N) is 3. The van der Waals surface area contributed by atoms with Crippen molar-refractivity contribution in [2.45, 2.75) is 6.92 Å². The zero-order valence-corrected chi connectivity index (χ0v) is 15.3. The third kappa shape index (κ3) is 2.61. The van der Waals surface area contributed by atoms with Gasteiger partial charge in [-0.3, -0.25) is 14.7 Å². The van der Waals surface area contributed by atoms with Crippen LogP contribution in [0.15, 0.2) is 53.3 Å². The highest BCUT2D eigenvalue weighted by atomic mass is 16.3. The number of carbonyl (C=O) groups is 1. The number of benzene rings is 2. The number of aromatic amines is 2. The number of aromatic hydroxyl groups is 1. The van der Waals surface area contributed by atoms with Crippen LogP contribution in [0.25, 0.3) is 44.0 Å². The molecule has 3 heterocycles. The molecule has 0 fully saturated rings. The maximum absolute atomic E-state index is 13.1. The number of para-hydroxylation sites is 1. The van der Waals surface area contributed by atoms with Gasteiger partial charge in [-0.25, -0.2) is 4.98 Å². The van der Waals surface area contributed by atoms with Crippen molar-refractivity contribution in [3.05, 3.63) is 58.9 Å². The summed E-state index contributed by atoms with van der Waals surface area (Å²) >= 11 is 0. The first-order valence-electron chi connectivity index (χ1n) is 8.92.